The van der Waals surface area contributed by atoms with Crippen LogP contribution < -0.4 is 37.7 Å². The maximum atomic E-state index is 13.6. The monoisotopic (exact) mass is 384 g/mol. The molecule has 4 aliphatic heterocycles. The summed E-state index contributed by atoms with van der Waals surface area (Å²) in [5.74, 6) is -0.161. The number of hydrogen-bond donors (Lipinski definition) is 7. The van der Waals surface area contributed by atoms with Gasteiger partial charge in [0.25, 0.3) is 0 Å². The first kappa shape index (κ1) is 19.4. The quantitative estimate of drug-likeness (QED) is 0.276. The van der Waals surface area contributed by atoms with E-state index in [1.807, 2.05) is 0 Å². The van der Waals surface area contributed by atoms with E-state index in [0.717, 1.165) is 32.6 Å². The Hall–Kier alpha value is -0.880. The van der Waals surface area contributed by atoms with Crippen molar-refractivity contribution < 1.29 is 9.18 Å². The van der Waals surface area contributed by atoms with Gasteiger partial charge in [-0.1, -0.05) is 0 Å². The second-order valence-corrected chi connectivity index (χ2v) is 8.28. The van der Waals surface area contributed by atoms with Gasteiger partial charge in [-0.2, -0.15) is 0 Å². The third-order valence-corrected chi connectivity index (χ3v) is 6.46. The summed E-state index contributed by atoms with van der Waals surface area (Å²) in [5, 5.41) is 18.7. The second-order valence-electron chi connectivity index (χ2n) is 8.28. The van der Waals surface area contributed by atoms with Crippen molar-refractivity contribution in [2.24, 2.45) is 17.6 Å². The van der Waals surface area contributed by atoms with E-state index in [-0.39, 0.29) is 31.2 Å². The fourth-order valence-corrected chi connectivity index (χ4v) is 5.09. The maximum Gasteiger partial charge on any atom is 0.229 e. The molecule has 27 heavy (non-hydrogen) atoms. The van der Waals surface area contributed by atoms with Gasteiger partial charge in [0.05, 0.1) is 18.2 Å². The molecule has 8 N–H and O–H groups in total. The van der Waals surface area contributed by atoms with Crippen LogP contribution in [0.1, 0.15) is 13.3 Å². The highest BCUT2D eigenvalue weighted by Gasteiger charge is 2.48. The molecule has 0 spiro atoms. The molecule has 4 heterocycles. The van der Waals surface area contributed by atoms with Crippen molar-refractivity contribution in [2.75, 3.05) is 39.3 Å². The molecule has 0 aromatic carbocycles. The third kappa shape index (κ3) is 3.98. The van der Waals surface area contributed by atoms with E-state index < -0.39 is 18.3 Å². The van der Waals surface area contributed by atoms with Gasteiger partial charge >= 0.3 is 0 Å². The molecule has 4 rings (SSSR count). The molecule has 0 aliphatic carbocycles. The van der Waals surface area contributed by atoms with E-state index in [4.69, 9.17) is 5.73 Å². The molecular weight excluding hydrogens is 351 g/mol. The molecule has 8 unspecified atom stereocenters. The van der Waals surface area contributed by atoms with Crippen molar-refractivity contribution in [1.29, 1.82) is 0 Å². The average molecular weight is 385 g/mol. The zero-order chi connectivity index (χ0) is 19.0. The van der Waals surface area contributed by atoms with Crippen molar-refractivity contribution in [2.45, 2.75) is 50.0 Å². The Morgan fingerprint density at radius 3 is 2.81 bits per heavy atom. The predicted molar refractivity (Wildman–Crippen MR) is 100 cm³/mol. The number of nitrogens with zero attached hydrogens (tertiary/aromatic N) is 1. The molecule has 0 saturated carbocycles. The van der Waals surface area contributed by atoms with Crippen LogP contribution in [0.2, 0.25) is 0 Å². The smallest absolute Gasteiger partial charge is 0.229 e. The minimum atomic E-state index is -0.957. The van der Waals surface area contributed by atoms with Crippen LogP contribution in [0.25, 0.3) is 0 Å². The number of nitrogens with two attached hydrogens (primary N) is 1. The number of nitrogens with one attached hydrogen (secondary N) is 6. The van der Waals surface area contributed by atoms with Crippen LogP contribution in [0.3, 0.4) is 0 Å². The molecule has 4 aliphatic rings. The normalized spacial score (nSPS) is 46.0. The zero-order valence-corrected chi connectivity index (χ0v) is 15.9. The Kier molecular flexibility index (Phi) is 5.93. The minimum Gasteiger partial charge on any atom is -0.351 e. The SMILES string of the molecule is CC1NCCNC1C1CCNCC1NC(=O)C1C(N)NN2CC(F)CNC12. The van der Waals surface area contributed by atoms with Gasteiger partial charge in [0.15, 0.2) is 0 Å². The summed E-state index contributed by atoms with van der Waals surface area (Å²) in [7, 11) is 0. The second kappa shape index (κ2) is 8.24. The van der Waals surface area contributed by atoms with Gasteiger partial charge in [-0.15, -0.1) is 0 Å². The zero-order valence-electron chi connectivity index (χ0n) is 15.9. The minimum absolute atomic E-state index is 0.0462. The fraction of sp³-hybridized carbons (Fsp3) is 0.941. The lowest BCUT2D eigenvalue weighted by Gasteiger charge is -2.43. The summed E-state index contributed by atoms with van der Waals surface area (Å²) in [4.78, 5) is 13.1. The Morgan fingerprint density at radius 2 is 2.00 bits per heavy atom. The number of piperazine rings is 1. The molecule has 4 fully saturated rings. The molecule has 0 radical (unpaired) electrons. The van der Waals surface area contributed by atoms with Crippen LogP contribution in [0.15, 0.2) is 0 Å². The number of carbonyl (C=O) groups excluding carboxylic acids is 1. The molecule has 0 aromatic rings. The molecule has 1 amide bonds. The highest BCUT2D eigenvalue weighted by Crippen LogP contribution is 2.25. The number of fused-ring (bicyclic) bond motifs is 1. The van der Waals surface area contributed by atoms with E-state index in [2.05, 4.69) is 38.9 Å². The van der Waals surface area contributed by atoms with E-state index >= 15 is 0 Å². The number of hydrazine groups is 1. The summed E-state index contributed by atoms with van der Waals surface area (Å²) < 4.78 is 13.6. The summed E-state index contributed by atoms with van der Waals surface area (Å²) in [5.41, 5.74) is 9.22. The van der Waals surface area contributed by atoms with Crippen molar-refractivity contribution >= 4 is 5.91 Å². The summed E-state index contributed by atoms with van der Waals surface area (Å²) in [6, 6.07) is 0.747. The van der Waals surface area contributed by atoms with E-state index in [0.29, 0.717) is 18.0 Å². The summed E-state index contributed by atoms with van der Waals surface area (Å²) >= 11 is 0. The Balaban J connectivity index is 1.42. The highest BCUT2D eigenvalue weighted by molar-refractivity contribution is 5.80. The molecule has 10 heteroatoms. The van der Waals surface area contributed by atoms with Crippen LogP contribution in [0.5, 0.6) is 0 Å². The van der Waals surface area contributed by atoms with Gasteiger partial charge in [-0.05, 0) is 25.8 Å². The lowest BCUT2D eigenvalue weighted by molar-refractivity contribution is -0.128. The van der Waals surface area contributed by atoms with Gasteiger partial charge < -0.3 is 27.0 Å². The van der Waals surface area contributed by atoms with E-state index in [1.165, 1.54) is 0 Å². The number of carbonyl (C=O) groups is 1. The molecule has 4 saturated heterocycles. The topological polar surface area (TPSA) is 119 Å². The molecule has 0 aromatic heterocycles. The first-order valence-corrected chi connectivity index (χ1v) is 10.2. The molecule has 0 bridgehead atoms. The Bertz CT molecular complexity index is 539. The third-order valence-electron chi connectivity index (χ3n) is 6.46. The van der Waals surface area contributed by atoms with Crippen LogP contribution in [0, 0.1) is 11.8 Å². The highest BCUT2D eigenvalue weighted by atomic mass is 19.1. The number of amides is 1. The summed E-state index contributed by atoms with van der Waals surface area (Å²) in [6.45, 7) is 6.34. The van der Waals surface area contributed by atoms with E-state index in [1.54, 1.807) is 5.01 Å². The van der Waals surface area contributed by atoms with Gasteiger partial charge in [0, 0.05) is 50.8 Å². The van der Waals surface area contributed by atoms with Crippen LogP contribution >= 0.6 is 0 Å². The van der Waals surface area contributed by atoms with Gasteiger partial charge in [0.2, 0.25) is 5.91 Å². The fourth-order valence-electron chi connectivity index (χ4n) is 5.09. The lowest BCUT2D eigenvalue weighted by Crippen LogP contribution is -2.65. The van der Waals surface area contributed by atoms with E-state index in [9.17, 15) is 9.18 Å². The number of rotatable bonds is 3. The number of piperidine rings is 1. The largest absolute Gasteiger partial charge is 0.351 e. The van der Waals surface area contributed by atoms with Gasteiger partial charge in [0.1, 0.15) is 6.17 Å². The molecule has 154 valence electrons. The lowest BCUT2D eigenvalue weighted by atomic mass is 9.81. The van der Waals surface area contributed by atoms with Gasteiger partial charge in [-0.25, -0.2) is 14.8 Å². The van der Waals surface area contributed by atoms with Crippen molar-refractivity contribution in [3.05, 3.63) is 0 Å². The van der Waals surface area contributed by atoms with Crippen LogP contribution in [-0.4, -0.2) is 86.8 Å². The summed E-state index contributed by atoms with van der Waals surface area (Å²) in [6.07, 6.45) is -0.728. The van der Waals surface area contributed by atoms with Gasteiger partial charge in [-0.3, -0.25) is 10.1 Å². The molecule has 8 atom stereocenters. The Morgan fingerprint density at radius 1 is 1.19 bits per heavy atom. The average Bonchev–Trinajstić information content (AvgIpc) is 2.97. The van der Waals surface area contributed by atoms with Crippen molar-refractivity contribution in [1.82, 2.24) is 37.0 Å². The van der Waals surface area contributed by atoms with Crippen molar-refractivity contribution in [3.8, 4) is 0 Å². The first-order chi connectivity index (χ1) is 13.0. The van der Waals surface area contributed by atoms with Crippen LogP contribution in [0.4, 0.5) is 4.39 Å². The number of halogens is 1. The molecular formula is C17H33FN8O. The number of alkyl halides is 1. The molecule has 9 nitrogen and oxygen atoms in total. The van der Waals surface area contributed by atoms with Crippen LogP contribution in [-0.2, 0) is 4.79 Å². The standard InChI is InChI=1S/C17H33FN8O/c1-9-14(22-5-4-21-9)11-2-3-20-7-12(11)24-17(27)13-15(19)25-26-8-10(18)6-23-16(13)26/h9-16,20-23,25H,2-8,19H2,1H3,(H,24,27). The Labute approximate surface area is 159 Å². The number of hydrogen-bond acceptors (Lipinski definition) is 8. The van der Waals surface area contributed by atoms with Crippen molar-refractivity contribution in [3.63, 3.8) is 0 Å². The maximum absolute atomic E-state index is 13.6. The first-order valence-electron chi connectivity index (χ1n) is 10.2. The predicted octanol–water partition coefficient (Wildman–Crippen LogP) is -2.98.